The molecule has 1 aliphatic carbocycles. The first-order valence-electron chi connectivity index (χ1n) is 9.86. The lowest BCUT2D eigenvalue weighted by Gasteiger charge is -2.38. The van der Waals surface area contributed by atoms with Gasteiger partial charge in [0.1, 0.15) is 11.4 Å². The Morgan fingerprint density at radius 1 is 1.10 bits per heavy atom. The van der Waals surface area contributed by atoms with Gasteiger partial charge in [-0.05, 0) is 64.8 Å². The Labute approximate surface area is 171 Å². The van der Waals surface area contributed by atoms with Crippen molar-refractivity contribution in [3.8, 4) is 5.75 Å². The van der Waals surface area contributed by atoms with Gasteiger partial charge >= 0.3 is 12.1 Å². The second kappa shape index (κ2) is 9.62. The summed E-state index contributed by atoms with van der Waals surface area (Å²) in [6, 6.07) is 4.68. The van der Waals surface area contributed by atoms with Crippen LogP contribution in [-0.2, 0) is 14.3 Å². The number of hydrogen-bond donors (Lipinski definition) is 3. The second-order valence-corrected chi connectivity index (χ2v) is 8.09. The molecule has 3 atom stereocenters. The van der Waals surface area contributed by atoms with E-state index >= 15 is 0 Å². The molecule has 29 heavy (non-hydrogen) atoms. The average molecular weight is 406 g/mol. The summed E-state index contributed by atoms with van der Waals surface area (Å²) >= 11 is 0. The van der Waals surface area contributed by atoms with Crippen LogP contribution in [0.5, 0.6) is 5.75 Å². The first kappa shape index (κ1) is 22.5. The molecule has 0 spiro atoms. The first-order valence-corrected chi connectivity index (χ1v) is 9.86. The number of esters is 1. The van der Waals surface area contributed by atoms with Crippen LogP contribution in [0.3, 0.4) is 0 Å². The maximum Gasteiger partial charge on any atom is 0.407 e. The highest BCUT2D eigenvalue weighted by Gasteiger charge is 2.40. The van der Waals surface area contributed by atoms with Crippen molar-refractivity contribution >= 4 is 18.0 Å². The Bertz CT molecular complexity index is 726. The van der Waals surface area contributed by atoms with Gasteiger partial charge in [-0.3, -0.25) is 9.59 Å². The minimum absolute atomic E-state index is 0.0492. The Hall–Kier alpha value is -2.77. The summed E-state index contributed by atoms with van der Waals surface area (Å²) in [5.41, 5.74) is -0.323. The van der Waals surface area contributed by atoms with E-state index in [1.165, 1.54) is 24.3 Å². The van der Waals surface area contributed by atoms with Gasteiger partial charge in [0.25, 0.3) is 5.91 Å². The molecule has 0 aliphatic heterocycles. The zero-order chi connectivity index (χ0) is 21.6. The van der Waals surface area contributed by atoms with Crippen LogP contribution in [0, 0.1) is 5.92 Å². The molecule has 0 radical (unpaired) electrons. The van der Waals surface area contributed by atoms with E-state index in [0.717, 1.165) is 0 Å². The van der Waals surface area contributed by atoms with Gasteiger partial charge in [0.2, 0.25) is 0 Å². The standard InChI is InChI=1S/C21H30N2O6/c1-5-28-19(26)15-7-6-8-16(22-20(27)29-21(2,3)4)17(15)23-18(25)13-9-11-14(24)12-10-13/h9-12,15-17,24H,5-8H2,1-4H3,(H,22,27)(H,23,25)/t15-,16-,17?/m0/s1. The van der Waals surface area contributed by atoms with E-state index in [4.69, 9.17) is 9.47 Å². The number of alkyl carbamates (subject to hydrolysis) is 1. The maximum atomic E-state index is 12.7. The number of phenols is 1. The van der Waals surface area contributed by atoms with Crippen molar-refractivity contribution < 1.29 is 29.0 Å². The summed E-state index contributed by atoms with van der Waals surface area (Å²) in [4.78, 5) is 37.5. The molecule has 0 heterocycles. The lowest BCUT2D eigenvalue weighted by atomic mass is 9.80. The van der Waals surface area contributed by atoms with Gasteiger partial charge < -0.3 is 25.2 Å². The van der Waals surface area contributed by atoms with E-state index in [1.54, 1.807) is 27.7 Å². The van der Waals surface area contributed by atoms with Crippen LogP contribution in [0.15, 0.2) is 24.3 Å². The largest absolute Gasteiger partial charge is 0.508 e. The van der Waals surface area contributed by atoms with Crippen molar-refractivity contribution in [3.63, 3.8) is 0 Å². The summed E-state index contributed by atoms with van der Waals surface area (Å²) in [5, 5.41) is 15.1. The summed E-state index contributed by atoms with van der Waals surface area (Å²) in [6.07, 6.45) is 1.24. The fraction of sp³-hybridized carbons (Fsp3) is 0.571. The van der Waals surface area contributed by atoms with Crippen molar-refractivity contribution in [2.45, 2.75) is 64.6 Å². The topological polar surface area (TPSA) is 114 Å². The molecule has 0 bridgehead atoms. The van der Waals surface area contributed by atoms with E-state index < -0.39 is 41.6 Å². The summed E-state index contributed by atoms with van der Waals surface area (Å²) in [5.74, 6) is -1.33. The number of carbonyl (C=O) groups excluding carboxylic acids is 3. The molecule has 1 aromatic carbocycles. The smallest absolute Gasteiger partial charge is 0.407 e. The maximum absolute atomic E-state index is 12.7. The van der Waals surface area contributed by atoms with Crippen molar-refractivity contribution in [3.05, 3.63) is 29.8 Å². The summed E-state index contributed by atoms with van der Waals surface area (Å²) in [6.45, 7) is 7.25. The quantitative estimate of drug-likeness (QED) is 0.648. The Morgan fingerprint density at radius 2 is 1.76 bits per heavy atom. The number of amides is 2. The molecular weight excluding hydrogens is 376 g/mol. The van der Waals surface area contributed by atoms with Crippen molar-refractivity contribution in [2.75, 3.05) is 6.61 Å². The van der Waals surface area contributed by atoms with Gasteiger partial charge in [0.15, 0.2) is 0 Å². The molecule has 1 fully saturated rings. The highest BCUT2D eigenvalue weighted by atomic mass is 16.6. The van der Waals surface area contributed by atoms with Crippen LogP contribution in [-0.4, -0.2) is 47.4 Å². The molecule has 2 rings (SSSR count). The molecule has 0 saturated heterocycles. The molecule has 160 valence electrons. The molecule has 1 aromatic rings. The number of phenolic OH excluding ortho intramolecular Hbond substituents is 1. The van der Waals surface area contributed by atoms with Gasteiger partial charge in [-0.15, -0.1) is 0 Å². The normalized spacial score (nSPS) is 21.7. The van der Waals surface area contributed by atoms with Crippen LogP contribution < -0.4 is 10.6 Å². The number of benzene rings is 1. The summed E-state index contributed by atoms with van der Waals surface area (Å²) < 4.78 is 10.5. The zero-order valence-corrected chi connectivity index (χ0v) is 17.4. The highest BCUT2D eigenvalue weighted by molar-refractivity contribution is 5.95. The molecule has 8 nitrogen and oxygen atoms in total. The van der Waals surface area contributed by atoms with Gasteiger partial charge in [-0.2, -0.15) is 0 Å². The predicted octanol–water partition coefficient (Wildman–Crippen LogP) is 2.75. The van der Waals surface area contributed by atoms with E-state index in [-0.39, 0.29) is 12.4 Å². The van der Waals surface area contributed by atoms with Crippen molar-refractivity contribution in [2.24, 2.45) is 5.92 Å². The number of aromatic hydroxyl groups is 1. The van der Waals surface area contributed by atoms with Crippen LogP contribution in [0.25, 0.3) is 0 Å². The van der Waals surface area contributed by atoms with Crippen LogP contribution in [0.4, 0.5) is 4.79 Å². The molecule has 1 aliphatic rings. The van der Waals surface area contributed by atoms with Crippen molar-refractivity contribution in [1.82, 2.24) is 10.6 Å². The SMILES string of the molecule is CCOC(=O)[C@H]1CCC[C@H](NC(=O)OC(C)(C)C)C1NC(=O)c1ccc(O)cc1. The predicted molar refractivity (Wildman–Crippen MR) is 106 cm³/mol. The summed E-state index contributed by atoms with van der Waals surface area (Å²) in [7, 11) is 0. The third-order valence-corrected chi connectivity index (χ3v) is 4.62. The van der Waals surface area contributed by atoms with Gasteiger partial charge in [-0.25, -0.2) is 4.79 Å². The minimum atomic E-state index is -0.663. The number of carbonyl (C=O) groups is 3. The monoisotopic (exact) mass is 406 g/mol. The lowest BCUT2D eigenvalue weighted by Crippen LogP contribution is -2.59. The molecule has 3 N–H and O–H groups in total. The number of rotatable bonds is 5. The third kappa shape index (κ3) is 6.66. The van der Waals surface area contributed by atoms with Crippen LogP contribution in [0.2, 0.25) is 0 Å². The molecule has 1 saturated carbocycles. The van der Waals surface area contributed by atoms with Gasteiger partial charge in [0.05, 0.1) is 24.6 Å². The molecule has 1 unspecified atom stereocenters. The van der Waals surface area contributed by atoms with Crippen molar-refractivity contribution in [1.29, 1.82) is 0 Å². The minimum Gasteiger partial charge on any atom is -0.508 e. The number of ether oxygens (including phenoxy) is 2. The highest BCUT2D eigenvalue weighted by Crippen LogP contribution is 2.27. The fourth-order valence-electron chi connectivity index (χ4n) is 3.38. The molecule has 0 aromatic heterocycles. The van der Waals surface area contributed by atoms with E-state index in [9.17, 15) is 19.5 Å². The third-order valence-electron chi connectivity index (χ3n) is 4.62. The van der Waals surface area contributed by atoms with E-state index in [2.05, 4.69) is 10.6 Å². The Kier molecular flexibility index (Phi) is 7.47. The number of hydrogen-bond acceptors (Lipinski definition) is 6. The average Bonchev–Trinajstić information content (AvgIpc) is 2.62. The second-order valence-electron chi connectivity index (χ2n) is 8.09. The van der Waals surface area contributed by atoms with E-state index in [0.29, 0.717) is 24.8 Å². The molecule has 8 heteroatoms. The zero-order valence-electron chi connectivity index (χ0n) is 17.4. The lowest BCUT2D eigenvalue weighted by molar-refractivity contribution is -0.150. The fourth-order valence-corrected chi connectivity index (χ4v) is 3.38. The van der Waals surface area contributed by atoms with E-state index in [1.807, 2.05) is 0 Å². The molecule has 2 amide bonds. The van der Waals surface area contributed by atoms with Gasteiger partial charge in [0, 0.05) is 5.56 Å². The van der Waals surface area contributed by atoms with Gasteiger partial charge in [-0.1, -0.05) is 6.42 Å². The number of nitrogens with one attached hydrogen (secondary N) is 2. The first-order chi connectivity index (χ1) is 13.6. The van der Waals surface area contributed by atoms with Crippen LogP contribution >= 0.6 is 0 Å². The Balaban J connectivity index is 2.20. The Morgan fingerprint density at radius 3 is 2.34 bits per heavy atom. The molecular formula is C21H30N2O6. The van der Waals surface area contributed by atoms with Crippen LogP contribution in [0.1, 0.15) is 57.3 Å².